The van der Waals surface area contributed by atoms with Gasteiger partial charge >= 0.3 is 6.09 Å². The number of carbonyl (C=O) groups is 3. The molecule has 0 spiro atoms. The molecule has 1 atom stereocenters. The summed E-state index contributed by atoms with van der Waals surface area (Å²) in [6, 6.07) is 12.2. The van der Waals surface area contributed by atoms with Crippen molar-refractivity contribution in [3.8, 4) is 0 Å². The van der Waals surface area contributed by atoms with Gasteiger partial charge in [0.2, 0.25) is 5.78 Å². The van der Waals surface area contributed by atoms with Gasteiger partial charge in [-0.2, -0.15) is 0 Å². The van der Waals surface area contributed by atoms with E-state index in [1.807, 2.05) is 31.2 Å². The largest absolute Gasteiger partial charge is 0.443 e. The molecule has 1 aromatic heterocycles. The van der Waals surface area contributed by atoms with Gasteiger partial charge in [-0.25, -0.2) is 9.36 Å². The highest BCUT2D eigenvalue weighted by Gasteiger charge is 2.33. The van der Waals surface area contributed by atoms with Crippen LogP contribution in [0.4, 0.5) is 4.79 Å². The molecule has 2 aromatic carbocycles. The zero-order chi connectivity index (χ0) is 21.6. The quantitative estimate of drug-likeness (QED) is 0.511. The van der Waals surface area contributed by atoms with Crippen LogP contribution in [0.15, 0.2) is 42.5 Å². The highest BCUT2D eigenvalue weighted by molar-refractivity contribution is 6.09. The molecule has 6 nitrogen and oxygen atoms in total. The molecule has 1 unspecified atom stereocenters. The van der Waals surface area contributed by atoms with Gasteiger partial charge in [0, 0.05) is 17.5 Å². The van der Waals surface area contributed by atoms with Gasteiger partial charge in [0.1, 0.15) is 11.9 Å². The zero-order valence-corrected chi connectivity index (χ0v) is 17.5. The van der Waals surface area contributed by atoms with Crippen molar-refractivity contribution < 1.29 is 19.1 Å². The van der Waals surface area contributed by atoms with E-state index in [0.29, 0.717) is 23.0 Å². The number of carbonyl (C=O) groups excluding carboxylic acids is 3. The zero-order valence-electron chi connectivity index (χ0n) is 17.5. The number of aldehydes is 1. The summed E-state index contributed by atoms with van der Waals surface area (Å²) in [5.74, 6) is -0.214. The summed E-state index contributed by atoms with van der Waals surface area (Å²) < 4.78 is 6.92. The summed E-state index contributed by atoms with van der Waals surface area (Å²) in [7, 11) is 0. The van der Waals surface area contributed by atoms with E-state index < -0.39 is 17.7 Å². The monoisotopic (exact) mass is 404 g/mol. The molecular weight excluding hydrogens is 380 g/mol. The predicted octanol–water partition coefficient (Wildman–Crippen LogP) is 4.57. The number of ether oxygens (including phenoxy) is 1. The first-order valence-corrected chi connectivity index (χ1v) is 9.90. The van der Waals surface area contributed by atoms with Gasteiger partial charge in [0.25, 0.3) is 0 Å². The number of ketones is 1. The van der Waals surface area contributed by atoms with Crippen LogP contribution in [0, 0.1) is 6.92 Å². The molecule has 0 fully saturated rings. The molecule has 30 heavy (non-hydrogen) atoms. The highest BCUT2D eigenvalue weighted by atomic mass is 16.6. The molecule has 2 heterocycles. The molecule has 0 bridgehead atoms. The minimum absolute atomic E-state index is 0.214. The van der Waals surface area contributed by atoms with Crippen LogP contribution in [-0.4, -0.2) is 28.3 Å². The molecule has 154 valence electrons. The van der Waals surface area contributed by atoms with Crippen molar-refractivity contribution in [1.82, 2.24) is 9.88 Å². The third kappa shape index (κ3) is 3.33. The standard InChI is InChI=1S/C24H24N2O4/c1-14-16(13-27)9-10-19-18(14)11-20(26(19)23(29)30-24(2,3)4)22(28)21-17-8-6-5-7-15(17)12-25-21/h5-11,13,21,25H,12H2,1-4H3. The number of nitrogens with one attached hydrogen (secondary N) is 1. The van der Waals surface area contributed by atoms with Gasteiger partial charge in [0.15, 0.2) is 0 Å². The molecule has 4 rings (SSSR count). The SMILES string of the molecule is Cc1c(C=O)ccc2c1cc(C(=O)C1NCc3ccccc31)n2C(=O)OC(C)(C)C. The normalized spacial score (nSPS) is 15.8. The first-order chi connectivity index (χ1) is 14.2. The number of aryl methyl sites for hydroxylation is 1. The number of hydrogen-bond donors (Lipinski definition) is 1. The van der Waals surface area contributed by atoms with Crippen molar-refractivity contribution in [3.63, 3.8) is 0 Å². The summed E-state index contributed by atoms with van der Waals surface area (Å²) in [4.78, 5) is 38.0. The lowest BCUT2D eigenvalue weighted by Crippen LogP contribution is -2.31. The van der Waals surface area contributed by atoms with Crippen LogP contribution in [0.2, 0.25) is 0 Å². The van der Waals surface area contributed by atoms with E-state index in [-0.39, 0.29) is 11.5 Å². The molecule has 1 aliphatic heterocycles. The van der Waals surface area contributed by atoms with Gasteiger partial charge in [-0.15, -0.1) is 0 Å². The Morgan fingerprint density at radius 3 is 2.60 bits per heavy atom. The van der Waals surface area contributed by atoms with Crippen LogP contribution < -0.4 is 5.32 Å². The number of Topliss-reactive ketones (excluding diaryl/α,β-unsaturated/α-hetero) is 1. The van der Waals surface area contributed by atoms with E-state index >= 15 is 0 Å². The second-order valence-electron chi connectivity index (χ2n) is 8.55. The second-order valence-corrected chi connectivity index (χ2v) is 8.55. The number of rotatable bonds is 3. The molecular formula is C24H24N2O4. The maximum absolute atomic E-state index is 13.6. The summed E-state index contributed by atoms with van der Waals surface area (Å²) in [6.45, 7) is 7.74. The summed E-state index contributed by atoms with van der Waals surface area (Å²) >= 11 is 0. The van der Waals surface area contributed by atoms with Crippen LogP contribution in [0.25, 0.3) is 10.9 Å². The lowest BCUT2D eigenvalue weighted by molar-refractivity contribution is 0.0534. The van der Waals surface area contributed by atoms with E-state index in [9.17, 15) is 14.4 Å². The van der Waals surface area contributed by atoms with Crippen LogP contribution in [0.1, 0.15) is 64.3 Å². The molecule has 0 saturated carbocycles. The Kier molecular flexibility index (Phi) is 4.82. The fourth-order valence-corrected chi connectivity index (χ4v) is 3.93. The Bertz CT molecular complexity index is 1180. The molecule has 0 amide bonds. The number of aromatic nitrogens is 1. The van der Waals surface area contributed by atoms with Gasteiger partial charge in [-0.05, 0) is 62.6 Å². The minimum Gasteiger partial charge on any atom is -0.443 e. The topological polar surface area (TPSA) is 77.4 Å². The van der Waals surface area contributed by atoms with Gasteiger partial charge in [-0.3, -0.25) is 14.9 Å². The van der Waals surface area contributed by atoms with Crippen LogP contribution in [-0.2, 0) is 11.3 Å². The van der Waals surface area contributed by atoms with E-state index in [0.717, 1.165) is 23.0 Å². The van der Waals surface area contributed by atoms with Crippen molar-refractivity contribution in [1.29, 1.82) is 0 Å². The number of nitrogens with zero attached hydrogens (tertiary/aromatic N) is 1. The fourth-order valence-electron chi connectivity index (χ4n) is 3.93. The second kappa shape index (κ2) is 7.22. The molecule has 6 heteroatoms. The Balaban J connectivity index is 1.89. The Morgan fingerprint density at radius 1 is 1.17 bits per heavy atom. The summed E-state index contributed by atoms with van der Waals surface area (Å²) in [6.07, 6.45) is 0.154. The lowest BCUT2D eigenvalue weighted by Gasteiger charge is -2.21. The molecule has 0 saturated heterocycles. The Labute approximate surface area is 174 Å². The number of hydrogen-bond acceptors (Lipinski definition) is 5. The van der Waals surface area contributed by atoms with E-state index in [1.165, 1.54) is 4.57 Å². The Hall–Kier alpha value is -3.25. The third-order valence-electron chi connectivity index (χ3n) is 5.38. The summed E-state index contributed by atoms with van der Waals surface area (Å²) in [5.41, 5.74) is 3.28. The van der Waals surface area contributed by atoms with Crippen LogP contribution in [0.3, 0.4) is 0 Å². The summed E-state index contributed by atoms with van der Waals surface area (Å²) in [5, 5.41) is 3.93. The average Bonchev–Trinajstić information content (AvgIpc) is 3.29. The smallest absolute Gasteiger partial charge is 0.419 e. The van der Waals surface area contributed by atoms with E-state index in [2.05, 4.69) is 5.32 Å². The van der Waals surface area contributed by atoms with Crippen molar-refractivity contribution in [2.24, 2.45) is 0 Å². The van der Waals surface area contributed by atoms with Gasteiger partial charge < -0.3 is 4.74 Å². The van der Waals surface area contributed by atoms with Crippen molar-refractivity contribution in [2.75, 3.05) is 0 Å². The maximum Gasteiger partial charge on any atom is 0.419 e. The van der Waals surface area contributed by atoms with Crippen LogP contribution >= 0.6 is 0 Å². The third-order valence-corrected chi connectivity index (χ3v) is 5.38. The lowest BCUT2D eigenvalue weighted by atomic mass is 10.00. The highest BCUT2D eigenvalue weighted by Crippen LogP contribution is 2.32. The van der Waals surface area contributed by atoms with E-state index in [1.54, 1.807) is 39.0 Å². The van der Waals surface area contributed by atoms with Gasteiger partial charge in [0.05, 0.1) is 17.3 Å². The molecule has 1 aliphatic rings. The van der Waals surface area contributed by atoms with Crippen molar-refractivity contribution in [2.45, 2.75) is 45.9 Å². The van der Waals surface area contributed by atoms with Crippen molar-refractivity contribution >= 4 is 29.1 Å². The Morgan fingerprint density at radius 2 is 1.90 bits per heavy atom. The fraction of sp³-hybridized carbons (Fsp3) is 0.292. The first-order valence-electron chi connectivity index (χ1n) is 9.90. The number of fused-ring (bicyclic) bond motifs is 2. The van der Waals surface area contributed by atoms with Crippen molar-refractivity contribution in [3.05, 3.63) is 70.4 Å². The van der Waals surface area contributed by atoms with Crippen LogP contribution in [0.5, 0.6) is 0 Å². The molecule has 0 aliphatic carbocycles. The molecule has 0 radical (unpaired) electrons. The maximum atomic E-state index is 13.6. The predicted molar refractivity (Wildman–Crippen MR) is 114 cm³/mol. The minimum atomic E-state index is -0.718. The average molecular weight is 404 g/mol. The van der Waals surface area contributed by atoms with Gasteiger partial charge in [-0.1, -0.05) is 24.3 Å². The van der Waals surface area contributed by atoms with E-state index in [4.69, 9.17) is 4.74 Å². The molecule has 3 aromatic rings. The molecule has 1 N–H and O–H groups in total. The first kappa shape index (κ1) is 20.0. The number of benzene rings is 2.